The molecule has 3 aromatic carbocycles. The first kappa shape index (κ1) is 25.8. The number of carbonyl (C=O) groups excluding carboxylic acids is 2. The Morgan fingerprint density at radius 2 is 1.49 bits per heavy atom. The average molecular weight is 495 g/mol. The summed E-state index contributed by atoms with van der Waals surface area (Å²) in [5, 5.41) is 8.55. The first-order chi connectivity index (χ1) is 16.7. The van der Waals surface area contributed by atoms with E-state index in [1.165, 1.54) is 19.1 Å². The van der Waals surface area contributed by atoms with Crippen molar-refractivity contribution in [3.8, 4) is 0 Å². The average Bonchev–Trinajstić information content (AvgIpc) is 2.82. The van der Waals surface area contributed by atoms with E-state index in [1.54, 1.807) is 18.2 Å². The van der Waals surface area contributed by atoms with E-state index in [2.05, 4.69) is 20.7 Å². The van der Waals surface area contributed by atoms with Crippen LogP contribution in [0.15, 0.2) is 71.6 Å². The molecule has 4 N–H and O–H groups in total. The zero-order valence-electron chi connectivity index (χ0n) is 20.0. The van der Waals surface area contributed by atoms with Gasteiger partial charge in [0.2, 0.25) is 5.91 Å². The summed E-state index contributed by atoms with van der Waals surface area (Å²) < 4.78 is 29.1. The summed E-state index contributed by atoms with van der Waals surface area (Å²) in [5.74, 6) is -0.639. The lowest BCUT2D eigenvalue weighted by atomic mass is 10.1. The lowest BCUT2D eigenvalue weighted by Gasteiger charge is -2.15. The molecule has 3 rings (SSSR count). The van der Waals surface area contributed by atoms with E-state index in [0.29, 0.717) is 17.9 Å². The van der Waals surface area contributed by atoms with E-state index >= 15 is 0 Å². The Balaban J connectivity index is 1.89. The molecule has 184 valence electrons. The summed E-state index contributed by atoms with van der Waals surface area (Å²) in [6.07, 6.45) is 0. The van der Waals surface area contributed by atoms with Crippen molar-refractivity contribution in [2.24, 2.45) is 0 Å². The lowest BCUT2D eigenvalue weighted by Crippen LogP contribution is -2.33. The van der Waals surface area contributed by atoms with Gasteiger partial charge in [-0.15, -0.1) is 0 Å². The summed E-state index contributed by atoms with van der Waals surface area (Å²) in [5.41, 5.74) is 4.08. The van der Waals surface area contributed by atoms with Gasteiger partial charge < -0.3 is 16.0 Å². The van der Waals surface area contributed by atoms with E-state index < -0.39 is 15.9 Å². The molecule has 0 saturated carbocycles. The number of hydrogen-bond donors (Lipinski definition) is 4. The fourth-order valence-corrected chi connectivity index (χ4v) is 4.60. The summed E-state index contributed by atoms with van der Waals surface area (Å²) >= 11 is 0. The van der Waals surface area contributed by atoms with Gasteiger partial charge in [0, 0.05) is 37.8 Å². The molecule has 0 aliphatic carbocycles. The van der Waals surface area contributed by atoms with E-state index in [4.69, 9.17) is 0 Å². The number of amides is 2. The summed E-state index contributed by atoms with van der Waals surface area (Å²) in [4.78, 5) is 23.8. The van der Waals surface area contributed by atoms with Crippen LogP contribution in [0.4, 0.5) is 11.4 Å². The Labute approximate surface area is 206 Å². The van der Waals surface area contributed by atoms with Gasteiger partial charge in [0.25, 0.3) is 15.9 Å². The van der Waals surface area contributed by atoms with E-state index in [0.717, 1.165) is 16.7 Å². The topological polar surface area (TPSA) is 116 Å². The normalized spacial score (nSPS) is 10.9. The lowest BCUT2D eigenvalue weighted by molar-refractivity contribution is -0.118. The van der Waals surface area contributed by atoms with Crippen LogP contribution in [0.3, 0.4) is 0 Å². The molecule has 0 atom stereocenters. The number of rotatable bonds is 10. The maximum absolute atomic E-state index is 13.2. The van der Waals surface area contributed by atoms with Gasteiger partial charge in [-0.05, 0) is 54.8 Å². The van der Waals surface area contributed by atoms with Crippen LogP contribution in [0.1, 0.15) is 34.0 Å². The number of hydrogen-bond acceptors (Lipinski definition) is 5. The first-order valence-electron chi connectivity index (χ1n) is 11.2. The number of anilines is 2. The number of benzene rings is 3. The van der Waals surface area contributed by atoms with Crippen LogP contribution in [-0.2, 0) is 21.4 Å². The molecule has 0 aliphatic heterocycles. The zero-order chi connectivity index (χ0) is 25.4. The molecular formula is C26H30N4O4S. The molecule has 35 heavy (non-hydrogen) atoms. The standard InChI is InChI=1S/C26H30N4O4S/c1-18-8-4-6-10-21(18)17-29-23-14-22(26(32)28-13-12-27-20(3)31)15-24(16-23)35(33,34)30-25-11-7-5-9-19(25)2/h4-11,14-16,29-30H,12-13,17H2,1-3H3,(H,27,31)(H,28,32). The molecule has 2 amide bonds. The molecule has 0 spiro atoms. The molecule has 0 saturated heterocycles. The van der Waals surface area contributed by atoms with Crippen molar-refractivity contribution in [2.75, 3.05) is 23.1 Å². The van der Waals surface area contributed by atoms with Gasteiger partial charge in [0.1, 0.15) is 0 Å². The molecule has 0 fully saturated rings. The van der Waals surface area contributed by atoms with Crippen LogP contribution in [0.5, 0.6) is 0 Å². The van der Waals surface area contributed by atoms with Crippen molar-refractivity contribution < 1.29 is 18.0 Å². The highest BCUT2D eigenvalue weighted by molar-refractivity contribution is 7.92. The van der Waals surface area contributed by atoms with Gasteiger partial charge in [-0.25, -0.2) is 8.42 Å². The monoisotopic (exact) mass is 494 g/mol. The number of para-hydroxylation sites is 1. The third-order valence-corrected chi connectivity index (χ3v) is 6.74. The second kappa shape index (κ2) is 11.5. The Bertz CT molecular complexity index is 1320. The van der Waals surface area contributed by atoms with Gasteiger partial charge in [-0.1, -0.05) is 42.5 Å². The Kier molecular flexibility index (Phi) is 8.48. The smallest absolute Gasteiger partial charge is 0.262 e. The van der Waals surface area contributed by atoms with Crippen LogP contribution in [0.25, 0.3) is 0 Å². The predicted molar refractivity (Wildman–Crippen MR) is 138 cm³/mol. The van der Waals surface area contributed by atoms with Crippen molar-refractivity contribution in [3.63, 3.8) is 0 Å². The van der Waals surface area contributed by atoms with Crippen molar-refractivity contribution in [3.05, 3.63) is 89.0 Å². The summed E-state index contributed by atoms with van der Waals surface area (Å²) in [7, 11) is -3.97. The number of aryl methyl sites for hydroxylation is 2. The van der Waals surface area contributed by atoms with Gasteiger partial charge in [0.05, 0.1) is 10.6 Å². The molecular weight excluding hydrogens is 464 g/mol. The molecule has 0 aliphatic rings. The minimum atomic E-state index is -3.97. The molecule has 0 radical (unpaired) electrons. The second-order valence-corrected chi connectivity index (χ2v) is 9.87. The summed E-state index contributed by atoms with van der Waals surface area (Å²) in [6.45, 7) is 6.15. The van der Waals surface area contributed by atoms with Crippen LogP contribution < -0.4 is 20.7 Å². The first-order valence-corrected chi connectivity index (χ1v) is 12.7. The molecule has 0 heterocycles. The second-order valence-electron chi connectivity index (χ2n) is 8.19. The Hall–Kier alpha value is -3.85. The summed E-state index contributed by atoms with van der Waals surface area (Å²) in [6, 6.07) is 19.4. The highest BCUT2D eigenvalue weighted by atomic mass is 32.2. The molecule has 0 bridgehead atoms. The fourth-order valence-electron chi connectivity index (χ4n) is 3.40. The number of sulfonamides is 1. The third kappa shape index (κ3) is 7.31. The van der Waals surface area contributed by atoms with E-state index in [-0.39, 0.29) is 29.5 Å². The van der Waals surface area contributed by atoms with Crippen molar-refractivity contribution in [1.29, 1.82) is 0 Å². The Morgan fingerprint density at radius 3 is 2.17 bits per heavy atom. The van der Waals surface area contributed by atoms with Crippen molar-refractivity contribution >= 4 is 33.2 Å². The molecule has 0 unspecified atom stereocenters. The largest absolute Gasteiger partial charge is 0.381 e. The van der Waals surface area contributed by atoms with Crippen LogP contribution >= 0.6 is 0 Å². The Morgan fingerprint density at radius 1 is 0.829 bits per heavy atom. The minimum absolute atomic E-state index is 0.0393. The highest BCUT2D eigenvalue weighted by Gasteiger charge is 2.19. The van der Waals surface area contributed by atoms with E-state index in [9.17, 15) is 18.0 Å². The molecule has 9 heteroatoms. The van der Waals surface area contributed by atoms with Gasteiger partial charge in [-0.2, -0.15) is 0 Å². The molecule has 0 aromatic heterocycles. The van der Waals surface area contributed by atoms with Gasteiger partial charge in [-0.3, -0.25) is 14.3 Å². The maximum Gasteiger partial charge on any atom is 0.262 e. The fraction of sp³-hybridized carbons (Fsp3) is 0.231. The van der Waals surface area contributed by atoms with Crippen LogP contribution in [-0.4, -0.2) is 33.3 Å². The molecule has 8 nitrogen and oxygen atoms in total. The van der Waals surface area contributed by atoms with Gasteiger partial charge in [0.15, 0.2) is 0 Å². The van der Waals surface area contributed by atoms with Crippen LogP contribution in [0, 0.1) is 13.8 Å². The maximum atomic E-state index is 13.2. The number of nitrogens with one attached hydrogen (secondary N) is 4. The highest BCUT2D eigenvalue weighted by Crippen LogP contribution is 2.24. The van der Waals surface area contributed by atoms with Crippen molar-refractivity contribution in [1.82, 2.24) is 10.6 Å². The van der Waals surface area contributed by atoms with Gasteiger partial charge >= 0.3 is 0 Å². The predicted octanol–water partition coefficient (Wildman–Crippen LogP) is 3.58. The zero-order valence-corrected chi connectivity index (χ0v) is 20.8. The molecule has 3 aromatic rings. The quantitative estimate of drug-likeness (QED) is 0.322. The van der Waals surface area contributed by atoms with Crippen LogP contribution in [0.2, 0.25) is 0 Å². The number of carbonyl (C=O) groups is 2. The minimum Gasteiger partial charge on any atom is -0.381 e. The van der Waals surface area contributed by atoms with E-state index in [1.807, 2.05) is 50.2 Å². The van der Waals surface area contributed by atoms with Crippen molar-refractivity contribution in [2.45, 2.75) is 32.2 Å². The SMILES string of the molecule is CC(=O)NCCNC(=O)c1cc(NCc2ccccc2C)cc(S(=O)(=O)Nc2ccccc2C)c1. The third-order valence-electron chi connectivity index (χ3n) is 5.40.